The molecule has 0 unspecified atom stereocenters. The van der Waals surface area contributed by atoms with Crippen molar-refractivity contribution in [2.75, 3.05) is 20.6 Å². The van der Waals surface area contributed by atoms with Crippen LogP contribution in [-0.2, 0) is 19.6 Å². The maximum atomic E-state index is 5.38. The smallest absolute Gasteiger partial charge is 0.191 e. The Bertz CT molecular complexity index is 706. The van der Waals surface area contributed by atoms with Gasteiger partial charge in [0.05, 0.1) is 18.8 Å². The molecule has 1 heterocycles. The van der Waals surface area contributed by atoms with Crippen LogP contribution in [0.1, 0.15) is 49.3 Å². The zero-order valence-electron chi connectivity index (χ0n) is 16.5. The first kappa shape index (κ1) is 20.0. The van der Waals surface area contributed by atoms with E-state index in [-0.39, 0.29) is 0 Å². The quantitative estimate of drug-likeness (QED) is 0.561. The third kappa shape index (κ3) is 6.19. The molecule has 2 rings (SSSR count). The van der Waals surface area contributed by atoms with Crippen LogP contribution < -0.4 is 10.6 Å². The zero-order chi connectivity index (χ0) is 18.9. The lowest BCUT2D eigenvalue weighted by Gasteiger charge is -2.14. The van der Waals surface area contributed by atoms with E-state index in [2.05, 4.69) is 79.8 Å². The van der Waals surface area contributed by atoms with E-state index in [0.29, 0.717) is 19.0 Å². The van der Waals surface area contributed by atoms with E-state index in [1.165, 1.54) is 11.1 Å². The Morgan fingerprint density at radius 1 is 1.19 bits per heavy atom. The molecule has 0 aliphatic heterocycles. The Labute approximate surface area is 156 Å². The molecule has 0 amide bonds. The third-order valence-corrected chi connectivity index (χ3v) is 3.96. The largest absolute Gasteiger partial charge is 0.359 e. The van der Waals surface area contributed by atoms with Gasteiger partial charge in [-0.2, -0.15) is 0 Å². The summed E-state index contributed by atoms with van der Waals surface area (Å²) in [5.41, 5.74) is 3.51. The SMILES string of the molecule is CCNC(=NCc1ccccc1CN(C)C)NCc1cc(C(C)C)no1. The van der Waals surface area contributed by atoms with Crippen LogP contribution >= 0.6 is 0 Å². The standard InChI is InChI=1S/C20H31N5O/c1-6-21-20(23-13-18-11-19(15(2)3)24-26-18)22-12-16-9-7-8-10-17(16)14-25(4)5/h7-11,15H,6,12-14H2,1-5H3,(H2,21,22,23). The van der Waals surface area contributed by atoms with Gasteiger partial charge in [0.25, 0.3) is 0 Å². The van der Waals surface area contributed by atoms with Crippen molar-refractivity contribution >= 4 is 5.96 Å². The molecular weight excluding hydrogens is 326 g/mol. The molecule has 1 aromatic heterocycles. The normalized spacial score (nSPS) is 12.0. The van der Waals surface area contributed by atoms with Crippen LogP contribution in [0.5, 0.6) is 0 Å². The molecule has 0 radical (unpaired) electrons. The minimum Gasteiger partial charge on any atom is -0.359 e. The molecule has 0 spiro atoms. The van der Waals surface area contributed by atoms with E-state index in [9.17, 15) is 0 Å². The van der Waals surface area contributed by atoms with Gasteiger partial charge in [-0.25, -0.2) is 4.99 Å². The lowest BCUT2D eigenvalue weighted by molar-refractivity contribution is 0.372. The number of hydrogen-bond donors (Lipinski definition) is 2. The van der Waals surface area contributed by atoms with E-state index in [1.807, 2.05) is 6.07 Å². The van der Waals surface area contributed by atoms with Crippen LogP contribution in [0.15, 0.2) is 39.8 Å². The second-order valence-electron chi connectivity index (χ2n) is 6.93. The highest BCUT2D eigenvalue weighted by atomic mass is 16.5. The highest BCUT2D eigenvalue weighted by Crippen LogP contribution is 2.14. The van der Waals surface area contributed by atoms with Crippen molar-refractivity contribution in [1.82, 2.24) is 20.7 Å². The molecule has 2 aromatic rings. The highest BCUT2D eigenvalue weighted by Gasteiger charge is 2.08. The molecule has 26 heavy (non-hydrogen) atoms. The summed E-state index contributed by atoms with van der Waals surface area (Å²) in [6.07, 6.45) is 0. The fourth-order valence-corrected chi connectivity index (χ4v) is 2.57. The van der Waals surface area contributed by atoms with E-state index >= 15 is 0 Å². The number of benzene rings is 1. The number of rotatable bonds is 8. The molecule has 142 valence electrons. The van der Waals surface area contributed by atoms with Gasteiger partial charge in [-0.05, 0) is 38.1 Å². The van der Waals surface area contributed by atoms with Crippen LogP contribution in [0.4, 0.5) is 0 Å². The molecule has 0 atom stereocenters. The summed E-state index contributed by atoms with van der Waals surface area (Å²) in [5, 5.41) is 10.7. The van der Waals surface area contributed by atoms with E-state index in [4.69, 9.17) is 9.52 Å². The van der Waals surface area contributed by atoms with Gasteiger partial charge in [0.15, 0.2) is 11.7 Å². The lowest BCUT2D eigenvalue weighted by atomic mass is 10.1. The summed E-state index contributed by atoms with van der Waals surface area (Å²) < 4.78 is 5.38. The zero-order valence-corrected chi connectivity index (χ0v) is 16.5. The van der Waals surface area contributed by atoms with Crippen molar-refractivity contribution in [3.05, 3.63) is 52.9 Å². The number of nitrogens with zero attached hydrogens (tertiary/aromatic N) is 3. The maximum absolute atomic E-state index is 5.38. The summed E-state index contributed by atoms with van der Waals surface area (Å²) in [6.45, 7) is 9.17. The second-order valence-corrected chi connectivity index (χ2v) is 6.93. The van der Waals surface area contributed by atoms with Gasteiger partial charge < -0.3 is 20.1 Å². The molecular formula is C20H31N5O. The van der Waals surface area contributed by atoms with Crippen molar-refractivity contribution in [3.8, 4) is 0 Å². The Hall–Kier alpha value is -2.34. The minimum atomic E-state index is 0.364. The predicted octanol–water partition coefficient (Wildman–Crippen LogP) is 3.11. The number of aliphatic imine (C=N–C) groups is 1. The minimum absolute atomic E-state index is 0.364. The fraction of sp³-hybridized carbons (Fsp3) is 0.500. The second kappa shape index (κ2) is 9.97. The van der Waals surface area contributed by atoms with E-state index < -0.39 is 0 Å². The van der Waals surface area contributed by atoms with Crippen molar-refractivity contribution in [1.29, 1.82) is 0 Å². The number of aromatic nitrogens is 1. The number of hydrogen-bond acceptors (Lipinski definition) is 4. The summed E-state index contributed by atoms with van der Waals surface area (Å²) in [7, 11) is 4.16. The van der Waals surface area contributed by atoms with Crippen LogP contribution in [0.3, 0.4) is 0 Å². The number of nitrogens with one attached hydrogen (secondary N) is 2. The van der Waals surface area contributed by atoms with Crippen molar-refractivity contribution in [2.24, 2.45) is 4.99 Å². The van der Waals surface area contributed by atoms with Crippen LogP contribution in [0, 0.1) is 0 Å². The molecule has 6 heteroatoms. The monoisotopic (exact) mass is 357 g/mol. The molecule has 2 N–H and O–H groups in total. The van der Waals surface area contributed by atoms with Gasteiger partial charge >= 0.3 is 0 Å². The Balaban J connectivity index is 2.02. The first-order chi connectivity index (χ1) is 12.5. The Kier molecular flexibility index (Phi) is 7.66. The van der Waals surface area contributed by atoms with Gasteiger partial charge in [-0.15, -0.1) is 0 Å². The molecule has 0 saturated carbocycles. The molecule has 1 aromatic carbocycles. The molecule has 0 fully saturated rings. The van der Waals surface area contributed by atoms with Gasteiger partial charge in [-0.3, -0.25) is 0 Å². The first-order valence-corrected chi connectivity index (χ1v) is 9.18. The van der Waals surface area contributed by atoms with E-state index in [1.54, 1.807) is 0 Å². The topological polar surface area (TPSA) is 65.7 Å². The molecule has 6 nitrogen and oxygen atoms in total. The Morgan fingerprint density at radius 3 is 2.54 bits per heavy atom. The van der Waals surface area contributed by atoms with E-state index in [0.717, 1.165) is 30.5 Å². The third-order valence-electron chi connectivity index (χ3n) is 3.96. The molecule has 0 aliphatic rings. The molecule has 0 aliphatic carbocycles. The Morgan fingerprint density at radius 2 is 1.92 bits per heavy atom. The predicted molar refractivity (Wildman–Crippen MR) is 106 cm³/mol. The average molecular weight is 358 g/mol. The van der Waals surface area contributed by atoms with Crippen LogP contribution in [-0.4, -0.2) is 36.7 Å². The van der Waals surface area contributed by atoms with Gasteiger partial charge in [-0.1, -0.05) is 43.3 Å². The lowest BCUT2D eigenvalue weighted by Crippen LogP contribution is -2.36. The summed E-state index contributed by atoms with van der Waals surface area (Å²) in [5.74, 6) is 1.95. The van der Waals surface area contributed by atoms with Gasteiger partial charge in [0.2, 0.25) is 0 Å². The number of guanidine groups is 1. The maximum Gasteiger partial charge on any atom is 0.191 e. The molecule has 0 saturated heterocycles. The molecule has 0 bridgehead atoms. The van der Waals surface area contributed by atoms with Crippen molar-refractivity contribution < 1.29 is 4.52 Å². The van der Waals surface area contributed by atoms with Gasteiger partial charge in [0, 0.05) is 19.2 Å². The summed E-state index contributed by atoms with van der Waals surface area (Å²) in [4.78, 5) is 6.89. The van der Waals surface area contributed by atoms with Crippen molar-refractivity contribution in [3.63, 3.8) is 0 Å². The highest BCUT2D eigenvalue weighted by molar-refractivity contribution is 5.79. The van der Waals surface area contributed by atoms with Crippen molar-refractivity contribution in [2.45, 2.75) is 46.3 Å². The summed E-state index contributed by atoms with van der Waals surface area (Å²) in [6, 6.07) is 10.4. The van der Waals surface area contributed by atoms with Crippen LogP contribution in [0.25, 0.3) is 0 Å². The first-order valence-electron chi connectivity index (χ1n) is 9.18. The van der Waals surface area contributed by atoms with Gasteiger partial charge in [0.1, 0.15) is 0 Å². The average Bonchev–Trinajstić information content (AvgIpc) is 3.07. The van der Waals surface area contributed by atoms with Crippen LogP contribution in [0.2, 0.25) is 0 Å². The summed E-state index contributed by atoms with van der Waals surface area (Å²) >= 11 is 0. The fourth-order valence-electron chi connectivity index (χ4n) is 2.57.